The minimum absolute atomic E-state index is 0.206. The zero-order valence-corrected chi connectivity index (χ0v) is 13.4. The predicted octanol–water partition coefficient (Wildman–Crippen LogP) is 2.25. The Hall–Kier alpha value is -2.74. The van der Waals surface area contributed by atoms with Crippen LogP contribution in [0, 0.1) is 6.92 Å². The first-order valence-corrected chi connectivity index (χ1v) is 8.21. The van der Waals surface area contributed by atoms with Gasteiger partial charge >= 0.3 is 6.03 Å². The molecule has 2 rings (SSSR count). The van der Waals surface area contributed by atoms with Gasteiger partial charge < -0.3 is 15.7 Å². The van der Waals surface area contributed by atoms with Gasteiger partial charge in [-0.25, -0.2) is 13.2 Å². The molecular weight excluding hydrogens is 318 g/mol. The average Bonchev–Trinajstić information content (AvgIpc) is 2.49. The first-order valence-electron chi connectivity index (χ1n) is 6.73. The molecule has 7 nitrogen and oxygen atoms in total. The van der Waals surface area contributed by atoms with Crippen molar-refractivity contribution >= 4 is 27.4 Å². The molecule has 0 saturated heterocycles. The Bertz CT molecular complexity index is 834. The maximum absolute atomic E-state index is 12.4. The lowest BCUT2D eigenvalue weighted by molar-refractivity contribution is 0.254. The molecule has 23 heavy (non-hydrogen) atoms. The molecule has 0 aliphatic carbocycles. The second kappa shape index (κ2) is 6.57. The highest BCUT2D eigenvalue weighted by Crippen LogP contribution is 2.26. The van der Waals surface area contributed by atoms with Crippen LogP contribution in [0.15, 0.2) is 47.4 Å². The Kier molecular flexibility index (Phi) is 4.75. The summed E-state index contributed by atoms with van der Waals surface area (Å²) in [5, 5.41) is 14.7. The molecule has 0 bridgehead atoms. The zero-order valence-electron chi connectivity index (χ0n) is 12.6. The minimum Gasteiger partial charge on any atom is -0.507 e. The van der Waals surface area contributed by atoms with Gasteiger partial charge in [-0.3, -0.25) is 4.72 Å². The van der Waals surface area contributed by atoms with Crippen molar-refractivity contribution in [3.63, 3.8) is 0 Å². The van der Waals surface area contributed by atoms with Gasteiger partial charge in [0.2, 0.25) is 0 Å². The summed E-state index contributed by atoms with van der Waals surface area (Å²) in [5.41, 5.74) is 1.40. The van der Waals surface area contributed by atoms with E-state index in [4.69, 9.17) is 0 Å². The second-order valence-corrected chi connectivity index (χ2v) is 6.51. The van der Waals surface area contributed by atoms with Crippen LogP contribution in [0.3, 0.4) is 0 Å². The summed E-state index contributed by atoms with van der Waals surface area (Å²) in [7, 11) is -2.47. The van der Waals surface area contributed by atoms with Crippen LogP contribution in [0.2, 0.25) is 0 Å². The Labute approximate surface area is 134 Å². The molecule has 8 heteroatoms. The van der Waals surface area contributed by atoms with E-state index in [0.717, 1.165) is 0 Å². The van der Waals surface area contributed by atoms with Crippen molar-refractivity contribution in [1.82, 2.24) is 5.32 Å². The lowest BCUT2D eigenvalue weighted by atomic mass is 10.2. The fourth-order valence-corrected chi connectivity index (χ4v) is 3.13. The molecule has 0 aliphatic rings. The fourth-order valence-electron chi connectivity index (χ4n) is 1.90. The fraction of sp³-hybridized carbons (Fsp3) is 0.133. The summed E-state index contributed by atoms with van der Waals surface area (Å²) >= 11 is 0. The number of carbonyl (C=O) groups is 1. The number of amides is 2. The standard InChI is InChI=1S/C15H17N3O4S/c1-10-6-7-13(19)14(8-10)23(21,22)18-12-5-3-4-11(9-12)17-15(20)16-2/h3-9,18-19H,1-2H3,(H2,16,17,20). The van der Waals surface area contributed by atoms with Crippen LogP contribution in [-0.4, -0.2) is 26.6 Å². The van der Waals surface area contributed by atoms with E-state index in [9.17, 15) is 18.3 Å². The van der Waals surface area contributed by atoms with Gasteiger partial charge in [0.05, 0.1) is 5.69 Å². The van der Waals surface area contributed by atoms with E-state index in [0.29, 0.717) is 11.3 Å². The van der Waals surface area contributed by atoms with Crippen molar-refractivity contribution in [1.29, 1.82) is 0 Å². The summed E-state index contributed by atoms with van der Waals surface area (Å²) in [6.07, 6.45) is 0. The molecule has 0 fully saturated rings. The van der Waals surface area contributed by atoms with Gasteiger partial charge in [-0.2, -0.15) is 0 Å². The summed E-state index contributed by atoms with van der Waals surface area (Å²) < 4.78 is 27.2. The van der Waals surface area contributed by atoms with Gasteiger partial charge in [0.1, 0.15) is 10.6 Å². The Balaban J connectivity index is 2.29. The topological polar surface area (TPSA) is 108 Å². The molecule has 2 aromatic carbocycles. The van der Waals surface area contributed by atoms with Gasteiger partial charge in [0, 0.05) is 12.7 Å². The summed E-state index contributed by atoms with van der Waals surface area (Å²) in [5.74, 6) is -0.331. The van der Waals surface area contributed by atoms with Gasteiger partial charge in [0.25, 0.3) is 10.0 Å². The van der Waals surface area contributed by atoms with Crippen LogP contribution in [0.4, 0.5) is 16.2 Å². The SMILES string of the molecule is CNC(=O)Nc1cccc(NS(=O)(=O)c2cc(C)ccc2O)c1. The van der Waals surface area contributed by atoms with Crippen molar-refractivity contribution < 1.29 is 18.3 Å². The number of rotatable bonds is 4. The molecule has 0 atom stereocenters. The summed E-state index contributed by atoms with van der Waals surface area (Å²) in [6.45, 7) is 1.73. The smallest absolute Gasteiger partial charge is 0.318 e. The monoisotopic (exact) mass is 335 g/mol. The second-order valence-electron chi connectivity index (χ2n) is 4.86. The van der Waals surface area contributed by atoms with Crippen LogP contribution >= 0.6 is 0 Å². The lowest BCUT2D eigenvalue weighted by Crippen LogP contribution is -2.24. The highest BCUT2D eigenvalue weighted by molar-refractivity contribution is 7.92. The number of aromatic hydroxyl groups is 1. The number of hydrogen-bond acceptors (Lipinski definition) is 4. The molecule has 4 N–H and O–H groups in total. The number of aryl methyl sites for hydroxylation is 1. The van der Waals surface area contributed by atoms with Gasteiger partial charge in [-0.1, -0.05) is 12.1 Å². The largest absolute Gasteiger partial charge is 0.507 e. The number of anilines is 2. The molecule has 0 spiro atoms. The number of phenolic OH excluding ortho intramolecular Hbond substituents is 1. The van der Waals surface area contributed by atoms with Crippen LogP contribution in [0.1, 0.15) is 5.56 Å². The van der Waals surface area contributed by atoms with Gasteiger partial charge in [-0.05, 0) is 42.8 Å². The highest BCUT2D eigenvalue weighted by Gasteiger charge is 2.19. The Morgan fingerprint density at radius 2 is 1.78 bits per heavy atom. The van der Waals surface area contributed by atoms with Crippen molar-refractivity contribution in [2.45, 2.75) is 11.8 Å². The highest BCUT2D eigenvalue weighted by atomic mass is 32.2. The van der Waals surface area contributed by atoms with Crippen LogP contribution in [0.5, 0.6) is 5.75 Å². The van der Waals surface area contributed by atoms with Crippen LogP contribution in [-0.2, 0) is 10.0 Å². The number of carbonyl (C=O) groups excluding carboxylic acids is 1. The van der Waals surface area contributed by atoms with E-state index in [-0.39, 0.29) is 16.3 Å². The molecule has 2 amide bonds. The number of phenols is 1. The number of nitrogens with one attached hydrogen (secondary N) is 3. The molecule has 0 saturated carbocycles. The molecule has 0 radical (unpaired) electrons. The first-order chi connectivity index (χ1) is 10.8. The van der Waals surface area contributed by atoms with E-state index < -0.39 is 16.1 Å². The third-order valence-electron chi connectivity index (χ3n) is 3.00. The predicted molar refractivity (Wildman–Crippen MR) is 88.2 cm³/mol. The molecule has 122 valence electrons. The third kappa shape index (κ3) is 4.13. The van der Waals surface area contributed by atoms with Gasteiger partial charge in [0.15, 0.2) is 0 Å². The van der Waals surface area contributed by atoms with E-state index in [1.165, 1.54) is 25.2 Å². The average molecular weight is 335 g/mol. The van der Waals surface area contributed by atoms with E-state index in [1.54, 1.807) is 31.2 Å². The molecular formula is C15H17N3O4S. The molecule has 0 aliphatic heterocycles. The Morgan fingerprint density at radius 3 is 2.48 bits per heavy atom. The summed E-state index contributed by atoms with van der Waals surface area (Å²) in [6, 6.07) is 10.1. The van der Waals surface area contributed by atoms with Crippen LogP contribution in [0.25, 0.3) is 0 Å². The zero-order chi connectivity index (χ0) is 17.0. The van der Waals surface area contributed by atoms with Crippen molar-refractivity contribution in [3.8, 4) is 5.75 Å². The number of urea groups is 1. The minimum atomic E-state index is -3.95. The molecule has 0 unspecified atom stereocenters. The van der Waals surface area contributed by atoms with Crippen molar-refractivity contribution in [2.75, 3.05) is 17.1 Å². The maximum Gasteiger partial charge on any atom is 0.318 e. The lowest BCUT2D eigenvalue weighted by Gasteiger charge is -2.11. The number of sulfonamides is 1. The number of benzene rings is 2. The van der Waals surface area contributed by atoms with Crippen molar-refractivity contribution in [3.05, 3.63) is 48.0 Å². The van der Waals surface area contributed by atoms with E-state index in [1.807, 2.05) is 0 Å². The summed E-state index contributed by atoms with van der Waals surface area (Å²) in [4.78, 5) is 11.1. The normalized spacial score (nSPS) is 10.9. The Morgan fingerprint density at radius 1 is 1.09 bits per heavy atom. The van der Waals surface area contributed by atoms with E-state index in [2.05, 4.69) is 15.4 Å². The molecule has 0 heterocycles. The third-order valence-corrected chi connectivity index (χ3v) is 4.41. The maximum atomic E-state index is 12.4. The first kappa shape index (κ1) is 16.6. The number of hydrogen-bond donors (Lipinski definition) is 4. The molecule has 2 aromatic rings. The van der Waals surface area contributed by atoms with Crippen molar-refractivity contribution in [2.24, 2.45) is 0 Å². The van der Waals surface area contributed by atoms with Crippen LogP contribution < -0.4 is 15.4 Å². The van der Waals surface area contributed by atoms with Gasteiger partial charge in [-0.15, -0.1) is 0 Å². The van der Waals surface area contributed by atoms with E-state index >= 15 is 0 Å². The molecule has 0 aromatic heterocycles. The quantitative estimate of drug-likeness (QED) is 0.687.